The Balaban J connectivity index is 0.000001000. The Morgan fingerprint density at radius 2 is 2.36 bits per heavy atom. The molecular weight excluding hydrogens is 158 g/mol. The van der Waals surface area contributed by atoms with Crippen LogP contribution in [0, 0.1) is 5.41 Å². The number of nitrogens with one attached hydrogen (secondary N) is 1. The summed E-state index contributed by atoms with van der Waals surface area (Å²) in [6.07, 6.45) is 4.46. The molecule has 0 saturated carbocycles. The third kappa shape index (κ3) is 2.84. The van der Waals surface area contributed by atoms with E-state index in [0.717, 1.165) is 13.0 Å². The number of halogens is 1. The fraction of sp³-hybridized carbons (Fsp3) is 0.778. The van der Waals surface area contributed by atoms with Gasteiger partial charge in [0.05, 0.1) is 0 Å². The molecule has 0 aromatic rings. The minimum atomic E-state index is 0. The van der Waals surface area contributed by atoms with Crippen LogP contribution in [0.25, 0.3) is 0 Å². The van der Waals surface area contributed by atoms with E-state index < -0.39 is 0 Å². The first-order chi connectivity index (χ1) is 4.66. The third-order valence-corrected chi connectivity index (χ3v) is 2.31. The summed E-state index contributed by atoms with van der Waals surface area (Å²) >= 11 is 0. The smallest absolute Gasteiger partial charge is 0.00447 e. The first-order valence-electron chi connectivity index (χ1n) is 4.00. The van der Waals surface area contributed by atoms with Crippen LogP contribution in [0.15, 0.2) is 12.7 Å². The average Bonchev–Trinajstić information content (AvgIpc) is 2.12. The molecule has 2 heteroatoms. The molecular formula is C9H18ClN. The number of allylic oxidation sites excluding steroid dienone is 1. The third-order valence-electron chi connectivity index (χ3n) is 2.31. The van der Waals surface area contributed by atoms with Gasteiger partial charge in [-0.15, -0.1) is 19.0 Å². The summed E-state index contributed by atoms with van der Waals surface area (Å²) in [6.45, 7) is 9.49. The van der Waals surface area contributed by atoms with Gasteiger partial charge >= 0.3 is 0 Å². The van der Waals surface area contributed by atoms with Crippen LogP contribution in [0.5, 0.6) is 0 Å². The molecule has 1 N–H and O–H groups in total. The van der Waals surface area contributed by atoms with E-state index in [1.807, 2.05) is 6.08 Å². The number of hydrogen-bond acceptors (Lipinski definition) is 1. The lowest BCUT2D eigenvalue weighted by Crippen LogP contribution is -2.20. The molecule has 11 heavy (non-hydrogen) atoms. The number of hydrogen-bond donors (Lipinski definition) is 1. The van der Waals surface area contributed by atoms with E-state index in [-0.39, 0.29) is 12.4 Å². The predicted molar refractivity (Wildman–Crippen MR) is 52.3 cm³/mol. The highest BCUT2D eigenvalue weighted by molar-refractivity contribution is 5.85. The van der Waals surface area contributed by atoms with Crippen LogP contribution in [0.1, 0.15) is 26.7 Å². The fourth-order valence-electron chi connectivity index (χ4n) is 1.81. The lowest BCUT2D eigenvalue weighted by atomic mass is 9.85. The van der Waals surface area contributed by atoms with Crippen molar-refractivity contribution in [2.45, 2.75) is 32.7 Å². The van der Waals surface area contributed by atoms with Gasteiger partial charge in [-0.05, 0) is 25.2 Å². The largest absolute Gasteiger partial charge is 0.314 e. The van der Waals surface area contributed by atoms with E-state index in [1.165, 1.54) is 6.42 Å². The van der Waals surface area contributed by atoms with Gasteiger partial charge in [0.2, 0.25) is 0 Å². The molecule has 0 amide bonds. The first kappa shape index (κ1) is 11.0. The zero-order chi connectivity index (χ0) is 7.61. The lowest BCUT2D eigenvalue weighted by molar-refractivity contribution is 0.364. The lowest BCUT2D eigenvalue weighted by Gasteiger charge is -2.19. The first-order valence-corrected chi connectivity index (χ1v) is 4.00. The maximum atomic E-state index is 3.77. The highest BCUT2D eigenvalue weighted by Crippen LogP contribution is 2.31. The van der Waals surface area contributed by atoms with Gasteiger partial charge in [0.15, 0.2) is 0 Å². The molecule has 0 aromatic carbocycles. The van der Waals surface area contributed by atoms with E-state index in [1.54, 1.807) is 0 Å². The molecule has 0 radical (unpaired) electrons. The Bertz CT molecular complexity index is 136. The number of rotatable bonds is 2. The van der Waals surface area contributed by atoms with Crippen molar-refractivity contribution in [3.05, 3.63) is 12.7 Å². The summed E-state index contributed by atoms with van der Waals surface area (Å²) in [4.78, 5) is 0. The zero-order valence-corrected chi connectivity index (χ0v) is 8.21. The maximum Gasteiger partial charge on any atom is 0.00447 e. The molecule has 1 nitrogen and oxygen atoms in total. The summed E-state index contributed by atoms with van der Waals surface area (Å²) in [5.74, 6) is 0. The molecule has 1 rings (SSSR count). The van der Waals surface area contributed by atoms with Gasteiger partial charge in [-0.2, -0.15) is 0 Å². The van der Waals surface area contributed by atoms with Crippen LogP contribution in [-0.4, -0.2) is 12.6 Å². The molecule has 1 fully saturated rings. The molecule has 1 saturated heterocycles. The minimum Gasteiger partial charge on any atom is -0.314 e. The average molecular weight is 176 g/mol. The monoisotopic (exact) mass is 175 g/mol. The topological polar surface area (TPSA) is 12.0 Å². The second-order valence-corrected chi connectivity index (χ2v) is 3.79. The fourth-order valence-corrected chi connectivity index (χ4v) is 1.81. The second kappa shape index (κ2) is 4.13. The molecule has 0 bridgehead atoms. The van der Waals surface area contributed by atoms with E-state index in [0.29, 0.717) is 11.5 Å². The van der Waals surface area contributed by atoms with Crippen LogP contribution in [-0.2, 0) is 0 Å². The van der Waals surface area contributed by atoms with E-state index in [4.69, 9.17) is 0 Å². The van der Waals surface area contributed by atoms with Gasteiger partial charge in [-0.3, -0.25) is 0 Å². The molecule has 66 valence electrons. The van der Waals surface area contributed by atoms with Crippen LogP contribution in [0.3, 0.4) is 0 Å². The Morgan fingerprint density at radius 1 is 1.73 bits per heavy atom. The van der Waals surface area contributed by atoms with Gasteiger partial charge in [0.25, 0.3) is 0 Å². The molecule has 1 aliphatic heterocycles. The molecule has 1 aliphatic rings. The Kier molecular flexibility index (Phi) is 4.12. The van der Waals surface area contributed by atoms with Crippen molar-refractivity contribution in [2.75, 3.05) is 6.54 Å². The van der Waals surface area contributed by atoms with Crippen molar-refractivity contribution in [1.29, 1.82) is 0 Å². The highest BCUT2D eigenvalue weighted by Gasteiger charge is 2.30. The molecule has 0 aliphatic carbocycles. The SMILES string of the molecule is C=CCC1(C)CNC(C)C1.Cl. The van der Waals surface area contributed by atoms with Crippen molar-refractivity contribution in [3.8, 4) is 0 Å². The van der Waals surface area contributed by atoms with Gasteiger partial charge < -0.3 is 5.32 Å². The summed E-state index contributed by atoms with van der Waals surface area (Å²) in [5, 5.41) is 3.45. The van der Waals surface area contributed by atoms with Crippen LogP contribution < -0.4 is 5.32 Å². The molecule has 1 heterocycles. The van der Waals surface area contributed by atoms with Gasteiger partial charge in [0.1, 0.15) is 0 Å². The van der Waals surface area contributed by atoms with Gasteiger partial charge in [-0.1, -0.05) is 13.0 Å². The summed E-state index contributed by atoms with van der Waals surface area (Å²) in [5.41, 5.74) is 0.487. The van der Waals surface area contributed by atoms with E-state index in [9.17, 15) is 0 Å². The highest BCUT2D eigenvalue weighted by atomic mass is 35.5. The quantitative estimate of drug-likeness (QED) is 0.636. The van der Waals surface area contributed by atoms with Crippen LogP contribution >= 0.6 is 12.4 Å². The predicted octanol–water partition coefficient (Wildman–Crippen LogP) is 2.37. The van der Waals surface area contributed by atoms with Crippen molar-refractivity contribution in [1.82, 2.24) is 5.32 Å². The molecule has 0 aromatic heterocycles. The van der Waals surface area contributed by atoms with Crippen LogP contribution in [0.4, 0.5) is 0 Å². The molecule has 2 unspecified atom stereocenters. The van der Waals surface area contributed by atoms with E-state index in [2.05, 4.69) is 25.7 Å². The Hall–Kier alpha value is -0.0100. The van der Waals surface area contributed by atoms with Crippen molar-refractivity contribution in [2.24, 2.45) is 5.41 Å². The van der Waals surface area contributed by atoms with Crippen molar-refractivity contribution in [3.63, 3.8) is 0 Å². The van der Waals surface area contributed by atoms with Crippen molar-refractivity contribution < 1.29 is 0 Å². The molecule has 0 spiro atoms. The summed E-state index contributed by atoms with van der Waals surface area (Å²) in [7, 11) is 0. The normalized spacial score (nSPS) is 36.4. The maximum absolute atomic E-state index is 3.77. The summed E-state index contributed by atoms with van der Waals surface area (Å²) < 4.78 is 0. The Morgan fingerprint density at radius 3 is 2.73 bits per heavy atom. The van der Waals surface area contributed by atoms with Crippen molar-refractivity contribution >= 4 is 12.4 Å². The Labute approximate surface area is 75.7 Å². The zero-order valence-electron chi connectivity index (χ0n) is 7.39. The van der Waals surface area contributed by atoms with Gasteiger partial charge in [-0.25, -0.2) is 0 Å². The standard InChI is InChI=1S/C9H17N.ClH/c1-4-5-9(3)6-8(2)10-7-9;/h4,8,10H,1,5-7H2,2-3H3;1H. The second-order valence-electron chi connectivity index (χ2n) is 3.79. The summed E-state index contributed by atoms with van der Waals surface area (Å²) in [6, 6.07) is 0.699. The van der Waals surface area contributed by atoms with E-state index >= 15 is 0 Å². The van der Waals surface area contributed by atoms with Crippen LogP contribution in [0.2, 0.25) is 0 Å². The molecule has 2 atom stereocenters. The van der Waals surface area contributed by atoms with Gasteiger partial charge in [0, 0.05) is 12.6 Å². The minimum absolute atomic E-state index is 0.